The van der Waals surface area contributed by atoms with E-state index in [1.165, 1.54) is 5.56 Å². The Morgan fingerprint density at radius 2 is 1.91 bits per heavy atom. The fraction of sp³-hybridized carbons (Fsp3) is 0.632. The number of benzene rings is 1. The monoisotopic (exact) mass is 321 g/mol. The lowest BCUT2D eigenvalue weighted by atomic mass is 10.1. The van der Waals surface area contributed by atoms with Gasteiger partial charge in [0.05, 0.1) is 13.7 Å². The fourth-order valence-electron chi connectivity index (χ4n) is 2.64. The molecule has 130 valence electrons. The van der Waals surface area contributed by atoms with E-state index in [9.17, 15) is 4.79 Å². The van der Waals surface area contributed by atoms with Gasteiger partial charge in [0.25, 0.3) is 0 Å². The van der Waals surface area contributed by atoms with Crippen molar-refractivity contribution in [3.8, 4) is 5.75 Å². The van der Waals surface area contributed by atoms with Crippen molar-refractivity contribution in [1.82, 2.24) is 4.90 Å². The van der Waals surface area contributed by atoms with Gasteiger partial charge in [-0.3, -0.25) is 4.79 Å². The maximum Gasteiger partial charge on any atom is 0.305 e. The van der Waals surface area contributed by atoms with E-state index in [0.29, 0.717) is 19.1 Å². The van der Waals surface area contributed by atoms with Gasteiger partial charge in [-0.05, 0) is 57.0 Å². The molecule has 1 atom stereocenters. The minimum atomic E-state index is -0.0780. The second-order valence-electron chi connectivity index (χ2n) is 5.85. The molecule has 0 spiro atoms. The molecule has 0 saturated heterocycles. The zero-order valence-electron chi connectivity index (χ0n) is 15.0. The van der Waals surface area contributed by atoms with E-state index in [1.54, 1.807) is 7.11 Å². The molecule has 23 heavy (non-hydrogen) atoms. The second kappa shape index (κ2) is 11.1. The Balaban J connectivity index is 2.38. The Hall–Kier alpha value is -1.55. The van der Waals surface area contributed by atoms with E-state index >= 15 is 0 Å². The standard InChI is InChI=1S/C19H31NO3/c1-5-14-23-19(21)8-7-13-20(6-2)16(3)15-17-9-11-18(22-4)12-10-17/h9-12,16H,5-8,13-15H2,1-4H3. The molecule has 1 unspecified atom stereocenters. The van der Waals surface area contributed by atoms with Crippen LogP contribution in [-0.4, -0.2) is 43.7 Å². The van der Waals surface area contributed by atoms with Gasteiger partial charge in [0, 0.05) is 12.5 Å². The number of hydrogen-bond acceptors (Lipinski definition) is 4. The van der Waals surface area contributed by atoms with Crippen LogP contribution in [0.2, 0.25) is 0 Å². The highest BCUT2D eigenvalue weighted by molar-refractivity contribution is 5.69. The summed E-state index contributed by atoms with van der Waals surface area (Å²) in [6.07, 6.45) is 3.24. The third-order valence-corrected chi connectivity index (χ3v) is 4.01. The summed E-state index contributed by atoms with van der Waals surface area (Å²) >= 11 is 0. The zero-order chi connectivity index (χ0) is 17.1. The third kappa shape index (κ3) is 7.51. The molecule has 0 aliphatic carbocycles. The van der Waals surface area contributed by atoms with E-state index in [2.05, 4.69) is 30.9 Å². The van der Waals surface area contributed by atoms with Crippen molar-refractivity contribution in [1.29, 1.82) is 0 Å². The van der Waals surface area contributed by atoms with Gasteiger partial charge in [-0.15, -0.1) is 0 Å². The molecule has 0 fully saturated rings. The van der Waals surface area contributed by atoms with Crippen molar-refractivity contribution in [2.45, 2.75) is 52.5 Å². The summed E-state index contributed by atoms with van der Waals surface area (Å²) in [5.41, 5.74) is 1.30. The summed E-state index contributed by atoms with van der Waals surface area (Å²) < 4.78 is 10.3. The summed E-state index contributed by atoms with van der Waals surface area (Å²) in [7, 11) is 1.68. The molecule has 0 amide bonds. The smallest absolute Gasteiger partial charge is 0.305 e. The molecule has 1 aromatic carbocycles. The fourth-order valence-corrected chi connectivity index (χ4v) is 2.64. The van der Waals surface area contributed by atoms with Gasteiger partial charge in [0.1, 0.15) is 5.75 Å². The molecule has 0 aliphatic rings. The van der Waals surface area contributed by atoms with E-state index < -0.39 is 0 Å². The predicted octanol–water partition coefficient (Wildman–Crippen LogP) is 3.68. The first kappa shape index (κ1) is 19.5. The maximum absolute atomic E-state index is 11.5. The van der Waals surface area contributed by atoms with Gasteiger partial charge < -0.3 is 14.4 Å². The Bertz CT molecular complexity index is 444. The molecule has 0 heterocycles. The highest BCUT2D eigenvalue weighted by Crippen LogP contribution is 2.15. The van der Waals surface area contributed by atoms with Crippen molar-refractivity contribution >= 4 is 5.97 Å². The van der Waals surface area contributed by atoms with Crippen molar-refractivity contribution < 1.29 is 14.3 Å². The molecular formula is C19H31NO3. The zero-order valence-corrected chi connectivity index (χ0v) is 15.0. The first-order valence-electron chi connectivity index (χ1n) is 8.63. The number of rotatable bonds is 11. The number of nitrogens with zero attached hydrogens (tertiary/aromatic N) is 1. The second-order valence-corrected chi connectivity index (χ2v) is 5.85. The predicted molar refractivity (Wildman–Crippen MR) is 93.9 cm³/mol. The first-order valence-corrected chi connectivity index (χ1v) is 8.63. The Morgan fingerprint density at radius 1 is 1.22 bits per heavy atom. The number of methoxy groups -OCH3 is 1. The van der Waals surface area contributed by atoms with Crippen molar-refractivity contribution in [2.24, 2.45) is 0 Å². The Kier molecular flexibility index (Phi) is 9.37. The van der Waals surface area contributed by atoms with E-state index in [-0.39, 0.29) is 5.97 Å². The quantitative estimate of drug-likeness (QED) is 0.583. The highest BCUT2D eigenvalue weighted by Gasteiger charge is 2.13. The maximum atomic E-state index is 11.5. The van der Waals surface area contributed by atoms with Gasteiger partial charge in [0.15, 0.2) is 0 Å². The van der Waals surface area contributed by atoms with Gasteiger partial charge in [-0.25, -0.2) is 0 Å². The average Bonchev–Trinajstić information content (AvgIpc) is 2.57. The molecule has 0 N–H and O–H groups in total. The van der Waals surface area contributed by atoms with Crippen LogP contribution in [0.15, 0.2) is 24.3 Å². The first-order chi connectivity index (χ1) is 11.1. The van der Waals surface area contributed by atoms with Gasteiger partial charge >= 0.3 is 5.97 Å². The van der Waals surface area contributed by atoms with Crippen molar-refractivity contribution in [2.75, 3.05) is 26.8 Å². The molecule has 1 rings (SSSR count). The lowest BCUT2D eigenvalue weighted by molar-refractivity contribution is -0.143. The third-order valence-electron chi connectivity index (χ3n) is 4.01. The van der Waals surface area contributed by atoms with Crippen LogP contribution in [0.5, 0.6) is 5.75 Å². The van der Waals surface area contributed by atoms with E-state index in [0.717, 1.165) is 38.1 Å². The molecule has 0 bridgehead atoms. The van der Waals surface area contributed by atoms with E-state index in [1.807, 2.05) is 19.1 Å². The van der Waals surface area contributed by atoms with Crippen LogP contribution in [0.4, 0.5) is 0 Å². The lowest BCUT2D eigenvalue weighted by Gasteiger charge is -2.28. The number of likely N-dealkylation sites (N-methyl/N-ethyl adjacent to an activating group) is 1. The minimum Gasteiger partial charge on any atom is -0.497 e. The number of carbonyl (C=O) groups excluding carboxylic acids is 1. The van der Waals surface area contributed by atoms with Crippen LogP contribution in [0, 0.1) is 0 Å². The number of hydrogen-bond donors (Lipinski definition) is 0. The molecular weight excluding hydrogens is 290 g/mol. The van der Waals surface area contributed by atoms with E-state index in [4.69, 9.17) is 9.47 Å². The van der Waals surface area contributed by atoms with Gasteiger partial charge in [0.2, 0.25) is 0 Å². The molecule has 1 aromatic rings. The summed E-state index contributed by atoms with van der Waals surface area (Å²) in [5, 5.41) is 0. The van der Waals surface area contributed by atoms with Crippen LogP contribution < -0.4 is 4.74 Å². The summed E-state index contributed by atoms with van der Waals surface area (Å²) in [6, 6.07) is 8.68. The van der Waals surface area contributed by atoms with Crippen molar-refractivity contribution in [3.05, 3.63) is 29.8 Å². The number of carbonyl (C=O) groups is 1. The largest absolute Gasteiger partial charge is 0.497 e. The topological polar surface area (TPSA) is 38.8 Å². The lowest BCUT2D eigenvalue weighted by Crippen LogP contribution is -2.35. The molecule has 4 heteroatoms. The summed E-state index contributed by atoms with van der Waals surface area (Å²) in [6.45, 7) is 8.86. The SMILES string of the molecule is CCCOC(=O)CCCN(CC)C(C)Cc1ccc(OC)cc1. The van der Waals surface area contributed by atoms with Crippen LogP contribution >= 0.6 is 0 Å². The van der Waals surface area contributed by atoms with Crippen LogP contribution in [-0.2, 0) is 16.0 Å². The van der Waals surface area contributed by atoms with Crippen LogP contribution in [0.25, 0.3) is 0 Å². The average molecular weight is 321 g/mol. The number of esters is 1. The highest BCUT2D eigenvalue weighted by atomic mass is 16.5. The Labute approximate surface area is 140 Å². The molecule has 4 nitrogen and oxygen atoms in total. The number of ether oxygens (including phenoxy) is 2. The Morgan fingerprint density at radius 3 is 2.48 bits per heavy atom. The van der Waals surface area contributed by atoms with Crippen LogP contribution in [0.3, 0.4) is 0 Å². The summed E-state index contributed by atoms with van der Waals surface area (Å²) in [5.74, 6) is 0.810. The molecule has 0 aliphatic heterocycles. The normalized spacial score (nSPS) is 12.2. The summed E-state index contributed by atoms with van der Waals surface area (Å²) in [4.78, 5) is 14.0. The molecule has 0 saturated carbocycles. The minimum absolute atomic E-state index is 0.0780. The van der Waals surface area contributed by atoms with Crippen molar-refractivity contribution in [3.63, 3.8) is 0 Å². The molecule has 0 aromatic heterocycles. The van der Waals surface area contributed by atoms with Crippen LogP contribution in [0.1, 0.15) is 45.6 Å². The molecule has 0 radical (unpaired) electrons. The van der Waals surface area contributed by atoms with Gasteiger partial charge in [-0.1, -0.05) is 26.0 Å². The van der Waals surface area contributed by atoms with Gasteiger partial charge in [-0.2, -0.15) is 0 Å².